The van der Waals surface area contributed by atoms with Crippen LogP contribution >= 0.6 is 11.3 Å². The summed E-state index contributed by atoms with van der Waals surface area (Å²) in [6.07, 6.45) is 0. The molecule has 0 saturated heterocycles. The van der Waals surface area contributed by atoms with E-state index >= 15 is 0 Å². The molecule has 0 aliphatic carbocycles. The van der Waals surface area contributed by atoms with Crippen LogP contribution in [-0.2, 0) is 0 Å². The van der Waals surface area contributed by atoms with Crippen molar-refractivity contribution in [1.29, 1.82) is 0 Å². The van der Waals surface area contributed by atoms with E-state index in [1.54, 1.807) is 4.68 Å². The number of aromatic nitrogens is 3. The molecule has 0 spiro atoms. The van der Waals surface area contributed by atoms with Crippen molar-refractivity contribution in [3.8, 4) is 27.9 Å². The van der Waals surface area contributed by atoms with Gasteiger partial charge in [0.25, 0.3) is 0 Å². The molecule has 0 radical (unpaired) electrons. The van der Waals surface area contributed by atoms with E-state index in [-0.39, 0.29) is 11.5 Å². The Kier molecular flexibility index (Phi) is 2.94. The van der Waals surface area contributed by atoms with Crippen LogP contribution in [0.15, 0.2) is 29.6 Å². The van der Waals surface area contributed by atoms with Crippen LogP contribution in [0, 0.1) is 13.8 Å². The normalized spacial score (nSPS) is 10.9. The second-order valence-electron chi connectivity index (χ2n) is 4.56. The van der Waals surface area contributed by atoms with E-state index in [2.05, 4.69) is 10.1 Å². The first-order chi connectivity index (χ1) is 9.54. The van der Waals surface area contributed by atoms with Gasteiger partial charge in [0.1, 0.15) is 11.5 Å². The fourth-order valence-corrected chi connectivity index (χ4v) is 2.87. The van der Waals surface area contributed by atoms with Gasteiger partial charge in [0.15, 0.2) is 0 Å². The van der Waals surface area contributed by atoms with Gasteiger partial charge in [-0.25, -0.2) is 9.67 Å². The number of nitrogens with zero attached hydrogens (tertiary/aromatic N) is 3. The molecule has 2 heterocycles. The second-order valence-corrected chi connectivity index (χ2v) is 5.39. The molecule has 20 heavy (non-hydrogen) atoms. The van der Waals surface area contributed by atoms with Crippen LogP contribution in [0.1, 0.15) is 11.4 Å². The summed E-state index contributed by atoms with van der Waals surface area (Å²) in [7, 11) is 0. The second kappa shape index (κ2) is 4.64. The summed E-state index contributed by atoms with van der Waals surface area (Å²) in [5.41, 5.74) is 3.06. The minimum atomic E-state index is 0.0908. The summed E-state index contributed by atoms with van der Waals surface area (Å²) < 4.78 is 1.77. The van der Waals surface area contributed by atoms with E-state index < -0.39 is 0 Å². The fourth-order valence-electron chi connectivity index (χ4n) is 2.04. The zero-order valence-corrected chi connectivity index (χ0v) is 11.8. The molecule has 3 rings (SSSR count). The van der Waals surface area contributed by atoms with Crippen molar-refractivity contribution < 1.29 is 10.2 Å². The van der Waals surface area contributed by atoms with Gasteiger partial charge in [-0.15, -0.1) is 11.3 Å². The van der Waals surface area contributed by atoms with Crippen LogP contribution in [0.3, 0.4) is 0 Å². The lowest BCUT2D eigenvalue weighted by Gasteiger charge is -2.02. The maximum atomic E-state index is 9.86. The lowest BCUT2D eigenvalue weighted by Crippen LogP contribution is -1.98. The molecule has 0 saturated carbocycles. The fraction of sp³-hybridized carbons (Fsp3) is 0.143. The monoisotopic (exact) mass is 287 g/mol. The van der Waals surface area contributed by atoms with E-state index in [0.29, 0.717) is 11.3 Å². The molecule has 2 N–H and O–H groups in total. The Balaban J connectivity index is 2.06. The Morgan fingerprint density at radius 3 is 2.65 bits per heavy atom. The maximum Gasteiger partial charge on any atom is 0.211 e. The van der Waals surface area contributed by atoms with Gasteiger partial charge < -0.3 is 10.2 Å². The van der Waals surface area contributed by atoms with E-state index in [4.69, 9.17) is 0 Å². The molecule has 3 aromatic rings. The molecule has 0 aliphatic heterocycles. The number of rotatable bonds is 2. The Hall–Kier alpha value is -2.34. The minimum Gasteiger partial charge on any atom is -0.508 e. The third-order valence-corrected chi connectivity index (χ3v) is 3.76. The van der Waals surface area contributed by atoms with Crippen molar-refractivity contribution in [3.63, 3.8) is 0 Å². The Morgan fingerprint density at radius 2 is 1.95 bits per heavy atom. The number of hydrogen-bond acceptors (Lipinski definition) is 5. The summed E-state index contributed by atoms with van der Waals surface area (Å²) in [5.74, 6) is 0.187. The first-order valence-corrected chi connectivity index (χ1v) is 6.94. The van der Waals surface area contributed by atoms with Gasteiger partial charge in [-0.3, -0.25) is 0 Å². The van der Waals surface area contributed by atoms with E-state index in [1.165, 1.54) is 29.5 Å². The van der Waals surface area contributed by atoms with Gasteiger partial charge >= 0.3 is 0 Å². The molecule has 102 valence electrons. The number of phenols is 2. The largest absolute Gasteiger partial charge is 0.508 e. The highest BCUT2D eigenvalue weighted by Crippen LogP contribution is 2.33. The first-order valence-electron chi connectivity index (χ1n) is 6.06. The van der Waals surface area contributed by atoms with Gasteiger partial charge in [0, 0.05) is 16.6 Å². The van der Waals surface area contributed by atoms with Gasteiger partial charge in [0.05, 0.1) is 11.4 Å². The molecule has 0 atom stereocenters. The molecule has 0 unspecified atom stereocenters. The van der Waals surface area contributed by atoms with Crippen molar-refractivity contribution >= 4 is 11.3 Å². The molecule has 0 aliphatic rings. The van der Waals surface area contributed by atoms with Gasteiger partial charge in [0.2, 0.25) is 5.13 Å². The van der Waals surface area contributed by atoms with Crippen LogP contribution < -0.4 is 0 Å². The SMILES string of the molecule is Cc1cc(C)n(-c2nc(-c3cc(O)ccc3O)cs2)n1. The molecular weight excluding hydrogens is 274 g/mol. The number of aromatic hydroxyl groups is 2. The molecule has 1 aromatic carbocycles. The Morgan fingerprint density at radius 1 is 1.15 bits per heavy atom. The van der Waals surface area contributed by atoms with Crippen LogP contribution in [0.5, 0.6) is 11.5 Å². The highest BCUT2D eigenvalue weighted by molar-refractivity contribution is 7.12. The predicted octanol–water partition coefficient (Wildman–Crippen LogP) is 3.02. The van der Waals surface area contributed by atoms with Crippen molar-refractivity contribution in [1.82, 2.24) is 14.8 Å². The molecule has 0 fully saturated rings. The summed E-state index contributed by atoms with van der Waals surface area (Å²) in [4.78, 5) is 4.47. The molecule has 0 bridgehead atoms. The van der Waals surface area contributed by atoms with E-state index in [9.17, 15) is 10.2 Å². The molecule has 2 aromatic heterocycles. The molecular formula is C14H13N3O2S. The van der Waals surface area contributed by atoms with Crippen LogP contribution in [0.25, 0.3) is 16.4 Å². The highest BCUT2D eigenvalue weighted by atomic mass is 32.1. The number of hydrogen-bond donors (Lipinski definition) is 2. The molecule has 6 heteroatoms. The van der Waals surface area contributed by atoms with Gasteiger partial charge in [-0.2, -0.15) is 5.10 Å². The van der Waals surface area contributed by atoms with Gasteiger partial charge in [-0.05, 0) is 38.1 Å². The maximum absolute atomic E-state index is 9.86. The van der Waals surface area contributed by atoms with Crippen molar-refractivity contribution in [2.75, 3.05) is 0 Å². The average Bonchev–Trinajstić information content (AvgIpc) is 2.99. The van der Waals surface area contributed by atoms with E-state index in [1.807, 2.05) is 25.3 Å². The zero-order valence-electron chi connectivity index (χ0n) is 11.0. The average molecular weight is 287 g/mol. The standard InChI is InChI=1S/C14H13N3O2S/c1-8-5-9(2)17(16-8)14-15-12(7-20-14)11-6-10(18)3-4-13(11)19/h3-7,18-19H,1-2H3. The van der Waals surface area contributed by atoms with E-state index in [0.717, 1.165) is 16.5 Å². The Labute approximate surface area is 119 Å². The lowest BCUT2D eigenvalue weighted by molar-refractivity contribution is 0.461. The topological polar surface area (TPSA) is 71.2 Å². The number of benzene rings is 1. The van der Waals surface area contributed by atoms with Gasteiger partial charge in [-0.1, -0.05) is 0 Å². The van der Waals surface area contributed by atoms with Crippen LogP contribution in [-0.4, -0.2) is 25.0 Å². The smallest absolute Gasteiger partial charge is 0.211 e. The number of aryl methyl sites for hydroxylation is 2. The minimum absolute atomic E-state index is 0.0908. The molecule has 0 amide bonds. The summed E-state index contributed by atoms with van der Waals surface area (Å²) >= 11 is 1.44. The number of thiazole rings is 1. The summed E-state index contributed by atoms with van der Waals surface area (Å²) in [5, 5.41) is 26.3. The van der Waals surface area contributed by atoms with Crippen molar-refractivity contribution in [2.24, 2.45) is 0 Å². The molecule has 5 nitrogen and oxygen atoms in total. The lowest BCUT2D eigenvalue weighted by atomic mass is 10.1. The zero-order chi connectivity index (χ0) is 14.3. The summed E-state index contributed by atoms with van der Waals surface area (Å²) in [6.45, 7) is 3.89. The van der Waals surface area contributed by atoms with Crippen LogP contribution in [0.2, 0.25) is 0 Å². The third kappa shape index (κ3) is 2.14. The number of phenolic OH excluding ortho intramolecular Hbond substituents is 2. The third-order valence-electron chi connectivity index (χ3n) is 2.94. The first kappa shape index (κ1) is 12.7. The van der Waals surface area contributed by atoms with Crippen molar-refractivity contribution in [3.05, 3.63) is 41.0 Å². The predicted molar refractivity (Wildman–Crippen MR) is 77.5 cm³/mol. The summed E-state index contributed by atoms with van der Waals surface area (Å²) in [6, 6.07) is 6.36. The quantitative estimate of drug-likeness (QED) is 0.711. The van der Waals surface area contributed by atoms with Crippen LogP contribution in [0.4, 0.5) is 0 Å². The Bertz CT molecular complexity index is 777. The van der Waals surface area contributed by atoms with Crippen molar-refractivity contribution in [2.45, 2.75) is 13.8 Å². The highest BCUT2D eigenvalue weighted by Gasteiger charge is 2.12.